The Bertz CT molecular complexity index is 1460. The highest BCUT2D eigenvalue weighted by atomic mass is 19.4. The molecule has 0 amide bonds. The van der Waals surface area contributed by atoms with Gasteiger partial charge in [-0.25, -0.2) is 13.6 Å². The molecule has 0 bridgehead atoms. The first-order chi connectivity index (χ1) is 22.6. The Morgan fingerprint density at radius 3 is 1.79 bits per heavy atom. The zero-order valence-electron chi connectivity index (χ0n) is 26.5. The van der Waals surface area contributed by atoms with E-state index in [-0.39, 0.29) is 36.7 Å². The molecule has 3 aromatic rings. The van der Waals surface area contributed by atoms with Crippen molar-refractivity contribution in [3.8, 4) is 28.0 Å². The second-order valence-corrected chi connectivity index (χ2v) is 11.3. The van der Waals surface area contributed by atoms with Gasteiger partial charge in [-0.05, 0) is 68.0 Å². The van der Waals surface area contributed by atoms with E-state index in [0.717, 1.165) is 32.1 Å². The zero-order valence-corrected chi connectivity index (χ0v) is 26.5. The van der Waals surface area contributed by atoms with E-state index < -0.39 is 48.8 Å². The molecule has 3 aromatic carbocycles. The first-order valence-electron chi connectivity index (χ1n) is 15.5. The van der Waals surface area contributed by atoms with Gasteiger partial charge in [-0.15, -0.1) is 0 Å². The summed E-state index contributed by atoms with van der Waals surface area (Å²) in [7, 11) is 0. The average Bonchev–Trinajstić information content (AvgIpc) is 3.03. The number of rotatable bonds is 18. The standard InChI is InChI=1S/C35H37F9O4/c1-3-4-5-6-9-23(2)48-32(45)26-12-10-24(11-13-26)28-18-19-29(31(37)30(28)36)25-14-16-27(17-15-25)47-21-8-7-20-46-22-33(38,39)34(40,41)35(42,43)44/h10-19,23H,3-9,20-22H2,1-2H3/t23-/m0/s1. The monoisotopic (exact) mass is 692 g/mol. The van der Waals surface area contributed by atoms with Crippen LogP contribution in [0.25, 0.3) is 22.3 Å². The third-order valence-electron chi connectivity index (χ3n) is 7.50. The van der Waals surface area contributed by atoms with Gasteiger partial charge in [0.25, 0.3) is 0 Å². The van der Waals surface area contributed by atoms with Crippen LogP contribution < -0.4 is 4.74 Å². The van der Waals surface area contributed by atoms with Crippen molar-refractivity contribution >= 4 is 5.97 Å². The molecule has 264 valence electrons. The maximum Gasteiger partial charge on any atom is 0.459 e. The smallest absolute Gasteiger partial charge is 0.459 e. The molecule has 0 spiro atoms. The van der Waals surface area contributed by atoms with Crippen LogP contribution >= 0.6 is 0 Å². The number of alkyl halides is 7. The summed E-state index contributed by atoms with van der Waals surface area (Å²) >= 11 is 0. The van der Waals surface area contributed by atoms with Crippen molar-refractivity contribution < 1.29 is 58.5 Å². The van der Waals surface area contributed by atoms with Crippen molar-refractivity contribution in [1.82, 2.24) is 0 Å². The van der Waals surface area contributed by atoms with Gasteiger partial charge in [0.05, 0.1) is 18.3 Å². The number of benzene rings is 3. The third kappa shape index (κ3) is 10.1. The Kier molecular flexibility index (Phi) is 13.8. The molecule has 0 radical (unpaired) electrons. The van der Waals surface area contributed by atoms with Crippen LogP contribution in [0.1, 0.15) is 69.2 Å². The van der Waals surface area contributed by atoms with Gasteiger partial charge in [0.1, 0.15) is 12.4 Å². The van der Waals surface area contributed by atoms with Crippen LogP contribution in [0.3, 0.4) is 0 Å². The van der Waals surface area contributed by atoms with Gasteiger partial charge in [0.15, 0.2) is 11.6 Å². The predicted octanol–water partition coefficient (Wildman–Crippen LogP) is 10.8. The fourth-order valence-electron chi connectivity index (χ4n) is 4.67. The largest absolute Gasteiger partial charge is 0.494 e. The van der Waals surface area contributed by atoms with Gasteiger partial charge < -0.3 is 14.2 Å². The number of esters is 1. The van der Waals surface area contributed by atoms with Crippen LogP contribution in [0.2, 0.25) is 0 Å². The quantitative estimate of drug-likeness (QED) is 0.0756. The van der Waals surface area contributed by atoms with Crippen molar-refractivity contribution in [3.05, 3.63) is 77.9 Å². The molecule has 0 aliphatic heterocycles. The number of unbranched alkanes of at least 4 members (excludes halogenated alkanes) is 4. The molecule has 13 heteroatoms. The molecular weight excluding hydrogens is 655 g/mol. The SMILES string of the molecule is CCCCCC[C@H](C)OC(=O)c1ccc(-c2ccc(-c3ccc(OCCCCOCC(F)(F)C(F)(F)C(F)(F)F)cc3)c(F)c2F)cc1. The Morgan fingerprint density at radius 2 is 1.25 bits per heavy atom. The molecule has 0 saturated heterocycles. The first kappa shape index (κ1) is 38.7. The summed E-state index contributed by atoms with van der Waals surface area (Å²) in [5.41, 5.74) is 0.994. The van der Waals surface area contributed by atoms with Crippen LogP contribution in [-0.2, 0) is 9.47 Å². The van der Waals surface area contributed by atoms with Crippen molar-refractivity contribution in [1.29, 1.82) is 0 Å². The minimum atomic E-state index is -6.41. The molecule has 4 nitrogen and oxygen atoms in total. The zero-order chi connectivity index (χ0) is 35.5. The predicted molar refractivity (Wildman–Crippen MR) is 162 cm³/mol. The first-order valence-corrected chi connectivity index (χ1v) is 15.5. The van der Waals surface area contributed by atoms with Crippen LogP contribution in [-0.4, -0.2) is 49.9 Å². The molecule has 0 saturated carbocycles. The Labute approximate surface area is 273 Å². The van der Waals surface area contributed by atoms with E-state index in [1.165, 1.54) is 60.7 Å². The molecular formula is C35H37F9O4. The Hall–Kier alpha value is -3.74. The molecule has 0 heterocycles. The summed E-state index contributed by atoms with van der Waals surface area (Å²) in [4.78, 5) is 12.5. The second-order valence-electron chi connectivity index (χ2n) is 11.3. The topological polar surface area (TPSA) is 44.8 Å². The third-order valence-corrected chi connectivity index (χ3v) is 7.50. The lowest BCUT2D eigenvalue weighted by Crippen LogP contribution is -2.54. The fourth-order valence-corrected chi connectivity index (χ4v) is 4.67. The highest BCUT2D eigenvalue weighted by molar-refractivity contribution is 5.90. The minimum absolute atomic E-state index is 0.00201. The van der Waals surface area contributed by atoms with Gasteiger partial charge in [-0.1, -0.05) is 62.6 Å². The summed E-state index contributed by atoms with van der Waals surface area (Å²) < 4.78 is 134. The van der Waals surface area contributed by atoms with Gasteiger partial charge in [0, 0.05) is 17.7 Å². The van der Waals surface area contributed by atoms with Crippen molar-refractivity contribution in [2.45, 2.75) is 82.9 Å². The second kappa shape index (κ2) is 17.1. The lowest BCUT2D eigenvalue weighted by atomic mass is 9.98. The molecule has 0 fully saturated rings. The maximum atomic E-state index is 15.2. The van der Waals surface area contributed by atoms with Crippen LogP contribution in [0.4, 0.5) is 39.5 Å². The summed E-state index contributed by atoms with van der Waals surface area (Å²) in [6.45, 7) is 1.39. The molecule has 1 atom stereocenters. The minimum Gasteiger partial charge on any atom is -0.494 e. The fraction of sp³-hybridized carbons (Fsp3) is 0.457. The van der Waals surface area contributed by atoms with Crippen molar-refractivity contribution in [2.75, 3.05) is 19.8 Å². The number of carbonyl (C=O) groups is 1. The average molecular weight is 693 g/mol. The molecule has 0 aliphatic rings. The molecule has 0 aliphatic carbocycles. The number of hydrogen-bond acceptors (Lipinski definition) is 4. The van der Waals surface area contributed by atoms with Crippen LogP contribution in [0.15, 0.2) is 60.7 Å². The van der Waals surface area contributed by atoms with E-state index in [1.54, 1.807) is 0 Å². The van der Waals surface area contributed by atoms with E-state index in [4.69, 9.17) is 9.47 Å². The van der Waals surface area contributed by atoms with Gasteiger partial charge in [-0.2, -0.15) is 30.7 Å². The normalized spacial score (nSPS) is 13.0. The summed E-state index contributed by atoms with van der Waals surface area (Å²) in [5.74, 6) is -14.0. The molecule has 48 heavy (non-hydrogen) atoms. The van der Waals surface area contributed by atoms with Gasteiger partial charge in [-0.3, -0.25) is 0 Å². The lowest BCUT2D eigenvalue weighted by molar-refractivity contribution is -0.361. The molecule has 0 aromatic heterocycles. The summed E-state index contributed by atoms with van der Waals surface area (Å²) in [5, 5.41) is 0. The Morgan fingerprint density at radius 1 is 0.708 bits per heavy atom. The van der Waals surface area contributed by atoms with Gasteiger partial charge in [0.2, 0.25) is 0 Å². The van der Waals surface area contributed by atoms with Crippen LogP contribution in [0.5, 0.6) is 5.75 Å². The molecule has 0 unspecified atom stereocenters. The molecule has 0 N–H and O–H groups in total. The Balaban J connectivity index is 1.50. The maximum absolute atomic E-state index is 15.2. The van der Waals surface area contributed by atoms with E-state index in [1.807, 2.05) is 6.92 Å². The number of ether oxygens (including phenoxy) is 3. The molecule has 3 rings (SSSR count). The number of carbonyl (C=O) groups excluding carboxylic acids is 1. The lowest BCUT2D eigenvalue weighted by Gasteiger charge is -2.27. The van der Waals surface area contributed by atoms with E-state index in [9.17, 15) is 35.5 Å². The highest BCUT2D eigenvalue weighted by Crippen LogP contribution is 2.46. The number of halogens is 9. The van der Waals surface area contributed by atoms with E-state index >= 15 is 8.78 Å². The van der Waals surface area contributed by atoms with E-state index in [2.05, 4.69) is 11.7 Å². The summed E-state index contributed by atoms with van der Waals surface area (Å²) in [6.07, 6.45) is -1.38. The van der Waals surface area contributed by atoms with Crippen molar-refractivity contribution in [2.24, 2.45) is 0 Å². The van der Waals surface area contributed by atoms with E-state index in [0.29, 0.717) is 22.4 Å². The van der Waals surface area contributed by atoms with Crippen LogP contribution in [0, 0.1) is 11.6 Å². The van der Waals surface area contributed by atoms with Crippen molar-refractivity contribution in [3.63, 3.8) is 0 Å². The highest BCUT2D eigenvalue weighted by Gasteiger charge is 2.72. The van der Waals surface area contributed by atoms with Gasteiger partial charge >= 0.3 is 24.0 Å². The number of hydrogen-bond donors (Lipinski definition) is 0. The summed E-state index contributed by atoms with van der Waals surface area (Å²) in [6, 6.07) is 14.8.